The highest BCUT2D eigenvalue weighted by Gasteiger charge is 2.17. The molecule has 0 aliphatic rings. The van der Waals surface area contributed by atoms with Crippen molar-refractivity contribution in [1.29, 1.82) is 0 Å². The Labute approximate surface area is 94.0 Å². The van der Waals surface area contributed by atoms with Gasteiger partial charge in [0.2, 0.25) is 0 Å². The van der Waals surface area contributed by atoms with Gasteiger partial charge in [0.05, 0.1) is 15.8 Å². The first-order valence-electron chi connectivity index (χ1n) is 4.07. The average Bonchev–Trinajstić information content (AvgIpc) is 2.09. The van der Waals surface area contributed by atoms with Gasteiger partial charge in [0.15, 0.2) is 0 Å². The second-order valence-corrected chi connectivity index (χ2v) is 3.88. The quantitative estimate of drug-likeness (QED) is 0.677. The summed E-state index contributed by atoms with van der Waals surface area (Å²) >= 11 is 3.04. The Kier molecular flexibility index (Phi) is 3.41. The van der Waals surface area contributed by atoms with E-state index in [9.17, 15) is 14.9 Å². The minimum atomic E-state index is -1.02. The third-order valence-electron chi connectivity index (χ3n) is 1.81. The van der Waals surface area contributed by atoms with Crippen molar-refractivity contribution < 1.29 is 14.8 Å². The summed E-state index contributed by atoms with van der Waals surface area (Å²) in [5.74, 6) is -1.02. The van der Waals surface area contributed by atoms with Crippen LogP contribution in [0.4, 0.5) is 5.69 Å². The van der Waals surface area contributed by atoms with Crippen LogP contribution >= 0.6 is 15.9 Å². The molecule has 1 rings (SSSR count). The van der Waals surface area contributed by atoms with Gasteiger partial charge < -0.3 is 5.11 Å². The Morgan fingerprint density at radius 3 is 2.67 bits per heavy atom. The zero-order chi connectivity index (χ0) is 11.6. The van der Waals surface area contributed by atoms with Crippen LogP contribution in [0, 0.1) is 17.0 Å². The van der Waals surface area contributed by atoms with Crippen molar-refractivity contribution in [3.8, 4) is 0 Å². The molecule has 0 aliphatic heterocycles. The van der Waals surface area contributed by atoms with Gasteiger partial charge in [0.1, 0.15) is 0 Å². The Morgan fingerprint density at radius 1 is 1.60 bits per heavy atom. The highest BCUT2D eigenvalue weighted by Crippen LogP contribution is 2.30. The molecule has 0 radical (unpaired) electrons. The number of benzene rings is 1. The van der Waals surface area contributed by atoms with Gasteiger partial charge in [0, 0.05) is 6.07 Å². The fourth-order valence-electron chi connectivity index (χ4n) is 1.25. The van der Waals surface area contributed by atoms with Gasteiger partial charge in [-0.05, 0) is 34.0 Å². The normalized spacial score (nSPS) is 10.0. The van der Waals surface area contributed by atoms with E-state index in [1.807, 2.05) is 0 Å². The van der Waals surface area contributed by atoms with Crippen molar-refractivity contribution in [3.63, 3.8) is 0 Å². The lowest BCUT2D eigenvalue weighted by molar-refractivity contribution is -0.385. The molecule has 0 bridgehead atoms. The van der Waals surface area contributed by atoms with Crippen molar-refractivity contribution in [1.82, 2.24) is 0 Å². The number of hydrogen-bond acceptors (Lipinski definition) is 3. The first-order valence-corrected chi connectivity index (χ1v) is 4.86. The standard InChI is InChI=1S/C9H8BrNO4/c1-5-2-6(4-8(12)13)9(10)7(3-5)11(14)15/h2-3H,4H2,1H3,(H,12,13). The van der Waals surface area contributed by atoms with Crippen LogP contribution in [-0.4, -0.2) is 16.0 Å². The molecule has 0 atom stereocenters. The summed E-state index contributed by atoms with van der Waals surface area (Å²) in [6.45, 7) is 1.69. The monoisotopic (exact) mass is 273 g/mol. The van der Waals surface area contributed by atoms with Crippen molar-refractivity contribution in [3.05, 3.63) is 37.8 Å². The molecular weight excluding hydrogens is 266 g/mol. The number of carboxylic acid groups (broad SMARTS) is 1. The zero-order valence-electron chi connectivity index (χ0n) is 7.86. The molecule has 0 unspecified atom stereocenters. The fraction of sp³-hybridized carbons (Fsp3) is 0.222. The number of hydrogen-bond donors (Lipinski definition) is 1. The zero-order valence-corrected chi connectivity index (χ0v) is 9.44. The summed E-state index contributed by atoms with van der Waals surface area (Å²) in [6, 6.07) is 3.01. The molecule has 0 heterocycles. The lowest BCUT2D eigenvalue weighted by atomic mass is 10.1. The summed E-state index contributed by atoms with van der Waals surface area (Å²) in [4.78, 5) is 20.6. The Balaban J connectivity index is 3.28. The van der Waals surface area contributed by atoms with Crippen LogP contribution in [0.5, 0.6) is 0 Å². The lowest BCUT2D eigenvalue weighted by Gasteiger charge is -2.04. The van der Waals surface area contributed by atoms with E-state index in [4.69, 9.17) is 5.11 Å². The number of nitro benzene ring substituents is 1. The van der Waals surface area contributed by atoms with E-state index < -0.39 is 10.9 Å². The summed E-state index contributed by atoms with van der Waals surface area (Å²) in [5, 5.41) is 19.3. The smallest absolute Gasteiger partial charge is 0.307 e. The van der Waals surface area contributed by atoms with Crippen LogP contribution in [0.15, 0.2) is 16.6 Å². The van der Waals surface area contributed by atoms with Gasteiger partial charge in [-0.25, -0.2) is 0 Å². The Hall–Kier alpha value is -1.43. The fourth-order valence-corrected chi connectivity index (χ4v) is 1.76. The second kappa shape index (κ2) is 4.39. The molecule has 5 nitrogen and oxygen atoms in total. The summed E-state index contributed by atoms with van der Waals surface area (Å²) in [7, 11) is 0. The highest BCUT2D eigenvalue weighted by atomic mass is 79.9. The first kappa shape index (κ1) is 11.6. The van der Waals surface area contributed by atoms with Crippen LogP contribution in [-0.2, 0) is 11.2 Å². The largest absolute Gasteiger partial charge is 0.481 e. The van der Waals surface area contributed by atoms with Crippen LogP contribution in [0.3, 0.4) is 0 Å². The summed E-state index contributed by atoms with van der Waals surface area (Å²) in [6.07, 6.45) is -0.233. The number of nitro groups is 1. The number of halogens is 1. The molecule has 0 aromatic heterocycles. The first-order chi connectivity index (χ1) is 6.91. The van der Waals surface area contributed by atoms with Crippen LogP contribution in [0.2, 0.25) is 0 Å². The second-order valence-electron chi connectivity index (χ2n) is 3.08. The van der Waals surface area contributed by atoms with Gasteiger partial charge in [-0.3, -0.25) is 14.9 Å². The SMILES string of the molecule is Cc1cc(CC(=O)O)c(Br)c([N+](=O)[O-])c1. The molecule has 15 heavy (non-hydrogen) atoms. The molecule has 0 spiro atoms. The van der Waals surface area contributed by atoms with E-state index in [1.54, 1.807) is 13.0 Å². The number of aryl methyl sites for hydroxylation is 1. The van der Waals surface area contributed by atoms with E-state index in [1.165, 1.54) is 6.07 Å². The summed E-state index contributed by atoms with van der Waals surface area (Å²) in [5.41, 5.74) is 0.974. The van der Waals surface area contributed by atoms with E-state index >= 15 is 0 Å². The lowest BCUT2D eigenvalue weighted by Crippen LogP contribution is -2.03. The number of rotatable bonds is 3. The van der Waals surface area contributed by atoms with Crippen LogP contribution in [0.1, 0.15) is 11.1 Å². The molecule has 80 valence electrons. The van der Waals surface area contributed by atoms with Crippen molar-refractivity contribution in [2.75, 3.05) is 0 Å². The topological polar surface area (TPSA) is 80.4 Å². The number of carboxylic acids is 1. The third-order valence-corrected chi connectivity index (χ3v) is 2.73. The van der Waals surface area contributed by atoms with E-state index in [2.05, 4.69) is 15.9 Å². The molecule has 0 amide bonds. The molecule has 6 heteroatoms. The van der Waals surface area contributed by atoms with E-state index in [0.29, 0.717) is 11.1 Å². The molecule has 1 aromatic rings. The van der Waals surface area contributed by atoms with Gasteiger partial charge in [-0.2, -0.15) is 0 Å². The molecule has 0 fully saturated rings. The predicted molar refractivity (Wildman–Crippen MR) is 56.9 cm³/mol. The van der Waals surface area contributed by atoms with Crippen LogP contribution < -0.4 is 0 Å². The molecule has 0 saturated carbocycles. The summed E-state index contributed by atoms with van der Waals surface area (Å²) < 4.78 is 0.237. The predicted octanol–water partition coefficient (Wildman–Crippen LogP) is 2.29. The highest BCUT2D eigenvalue weighted by molar-refractivity contribution is 9.10. The van der Waals surface area contributed by atoms with Crippen molar-refractivity contribution >= 4 is 27.6 Å². The molecule has 0 aliphatic carbocycles. The number of carbonyl (C=O) groups is 1. The number of aliphatic carboxylic acids is 1. The van der Waals surface area contributed by atoms with Gasteiger partial charge in [-0.1, -0.05) is 6.07 Å². The van der Waals surface area contributed by atoms with E-state index in [0.717, 1.165) is 0 Å². The van der Waals surface area contributed by atoms with Crippen molar-refractivity contribution in [2.24, 2.45) is 0 Å². The third kappa shape index (κ3) is 2.76. The maximum absolute atomic E-state index is 10.6. The molecular formula is C9H8BrNO4. The molecule has 0 saturated heterocycles. The minimum absolute atomic E-state index is 0.105. The maximum Gasteiger partial charge on any atom is 0.307 e. The van der Waals surface area contributed by atoms with Gasteiger partial charge in [-0.15, -0.1) is 0 Å². The Bertz CT molecular complexity index is 430. The van der Waals surface area contributed by atoms with Crippen molar-refractivity contribution in [2.45, 2.75) is 13.3 Å². The van der Waals surface area contributed by atoms with Gasteiger partial charge in [0.25, 0.3) is 5.69 Å². The Morgan fingerprint density at radius 2 is 2.20 bits per heavy atom. The molecule has 1 aromatic carbocycles. The van der Waals surface area contributed by atoms with Crippen LogP contribution in [0.25, 0.3) is 0 Å². The molecule has 1 N–H and O–H groups in total. The average molecular weight is 274 g/mol. The minimum Gasteiger partial charge on any atom is -0.481 e. The van der Waals surface area contributed by atoms with E-state index in [-0.39, 0.29) is 16.6 Å². The maximum atomic E-state index is 10.6. The van der Waals surface area contributed by atoms with Gasteiger partial charge >= 0.3 is 5.97 Å². The number of nitrogens with zero attached hydrogens (tertiary/aromatic N) is 1.